The zero-order chi connectivity index (χ0) is 13.7. The highest BCUT2D eigenvalue weighted by molar-refractivity contribution is 7.10. The molecule has 0 aliphatic carbocycles. The first-order valence-corrected chi connectivity index (χ1v) is 6.64. The molecule has 5 heteroatoms. The highest BCUT2D eigenvalue weighted by Gasteiger charge is 2.04. The van der Waals surface area contributed by atoms with E-state index in [1.165, 1.54) is 0 Å². The molecule has 0 atom stereocenters. The summed E-state index contributed by atoms with van der Waals surface area (Å²) >= 11 is 1.54. The van der Waals surface area contributed by atoms with Gasteiger partial charge in [-0.3, -0.25) is 4.79 Å². The number of rotatable bonds is 4. The Balaban J connectivity index is 2.03. The molecular weight excluding hydrogens is 258 g/mol. The van der Waals surface area contributed by atoms with Crippen molar-refractivity contribution in [3.05, 3.63) is 51.7 Å². The fourth-order valence-corrected chi connectivity index (χ4v) is 2.39. The van der Waals surface area contributed by atoms with Crippen LogP contribution in [-0.2, 0) is 6.54 Å². The third-order valence-electron chi connectivity index (χ3n) is 2.60. The number of nitrogens with one attached hydrogen (secondary N) is 2. The van der Waals surface area contributed by atoms with Gasteiger partial charge < -0.3 is 10.6 Å². The van der Waals surface area contributed by atoms with Crippen LogP contribution in [0.25, 0.3) is 0 Å². The summed E-state index contributed by atoms with van der Waals surface area (Å²) in [5, 5.41) is 16.4. The van der Waals surface area contributed by atoms with Crippen molar-refractivity contribution in [3.63, 3.8) is 0 Å². The van der Waals surface area contributed by atoms with Crippen LogP contribution < -0.4 is 10.6 Å². The van der Waals surface area contributed by atoms with Gasteiger partial charge in [0.25, 0.3) is 5.91 Å². The predicted molar refractivity (Wildman–Crippen MR) is 76.2 cm³/mol. The molecule has 0 saturated carbocycles. The van der Waals surface area contributed by atoms with Crippen LogP contribution in [0.2, 0.25) is 0 Å². The van der Waals surface area contributed by atoms with E-state index in [1.54, 1.807) is 30.5 Å². The van der Waals surface area contributed by atoms with Crippen LogP contribution in [0.3, 0.4) is 0 Å². The maximum Gasteiger partial charge on any atom is 0.251 e. The zero-order valence-electron chi connectivity index (χ0n) is 10.4. The summed E-state index contributed by atoms with van der Waals surface area (Å²) in [5.41, 5.74) is 2.19. The van der Waals surface area contributed by atoms with Crippen LogP contribution in [0.4, 0.5) is 5.69 Å². The van der Waals surface area contributed by atoms with E-state index < -0.39 is 0 Å². The molecule has 0 unspecified atom stereocenters. The molecule has 1 aromatic heterocycles. The molecule has 1 amide bonds. The van der Waals surface area contributed by atoms with Gasteiger partial charge in [0.15, 0.2) is 0 Å². The van der Waals surface area contributed by atoms with Crippen LogP contribution in [0.15, 0.2) is 35.7 Å². The standard InChI is InChI=1S/C14H13N3OS/c1-16-14(18)11-3-2-4-12(6-11)17-8-13-5-10(7-15)9-19-13/h2-6,9,17H,8H2,1H3,(H,16,18). The van der Waals surface area contributed by atoms with Crippen molar-refractivity contribution >= 4 is 22.9 Å². The Morgan fingerprint density at radius 3 is 2.95 bits per heavy atom. The van der Waals surface area contributed by atoms with Crippen molar-refractivity contribution in [2.45, 2.75) is 6.54 Å². The van der Waals surface area contributed by atoms with Crippen molar-refractivity contribution < 1.29 is 4.79 Å². The summed E-state index contributed by atoms with van der Waals surface area (Å²) in [6.07, 6.45) is 0. The molecule has 19 heavy (non-hydrogen) atoms. The number of hydrogen-bond acceptors (Lipinski definition) is 4. The third-order valence-corrected chi connectivity index (χ3v) is 3.54. The van der Waals surface area contributed by atoms with Gasteiger partial charge in [0.2, 0.25) is 0 Å². The van der Waals surface area contributed by atoms with Gasteiger partial charge in [-0.1, -0.05) is 6.07 Å². The maximum atomic E-state index is 11.5. The Hall–Kier alpha value is -2.32. The minimum absolute atomic E-state index is 0.105. The summed E-state index contributed by atoms with van der Waals surface area (Å²) in [6.45, 7) is 0.642. The van der Waals surface area contributed by atoms with Crippen molar-refractivity contribution in [2.75, 3.05) is 12.4 Å². The Labute approximate surface area is 115 Å². The lowest BCUT2D eigenvalue weighted by molar-refractivity contribution is 0.0963. The predicted octanol–water partition coefficient (Wildman–Crippen LogP) is 2.59. The Bertz CT molecular complexity index is 628. The lowest BCUT2D eigenvalue weighted by Gasteiger charge is -2.06. The first-order valence-electron chi connectivity index (χ1n) is 5.76. The molecule has 0 saturated heterocycles. The van der Waals surface area contributed by atoms with E-state index in [1.807, 2.05) is 23.6 Å². The van der Waals surface area contributed by atoms with E-state index in [9.17, 15) is 4.79 Å². The number of nitrogens with zero attached hydrogens (tertiary/aromatic N) is 1. The molecule has 2 rings (SSSR count). The molecule has 96 valence electrons. The van der Waals surface area contributed by atoms with Crippen molar-refractivity contribution in [1.82, 2.24) is 5.32 Å². The maximum absolute atomic E-state index is 11.5. The molecule has 0 spiro atoms. The minimum Gasteiger partial charge on any atom is -0.380 e. The fourth-order valence-electron chi connectivity index (χ4n) is 1.64. The highest BCUT2D eigenvalue weighted by Crippen LogP contribution is 2.17. The SMILES string of the molecule is CNC(=O)c1cccc(NCc2cc(C#N)cs2)c1. The quantitative estimate of drug-likeness (QED) is 0.898. The second-order valence-electron chi connectivity index (χ2n) is 3.93. The van der Waals surface area contributed by atoms with E-state index >= 15 is 0 Å². The average molecular weight is 271 g/mol. The number of benzene rings is 1. The second kappa shape index (κ2) is 6.03. The Morgan fingerprint density at radius 1 is 1.42 bits per heavy atom. The van der Waals surface area contributed by atoms with Crippen molar-refractivity contribution in [2.24, 2.45) is 0 Å². The number of carbonyl (C=O) groups is 1. The largest absolute Gasteiger partial charge is 0.380 e. The summed E-state index contributed by atoms with van der Waals surface area (Å²) in [5.74, 6) is -0.105. The molecule has 4 nitrogen and oxygen atoms in total. The molecule has 2 aromatic rings. The monoisotopic (exact) mass is 271 g/mol. The number of nitriles is 1. The van der Waals surface area contributed by atoms with Crippen LogP contribution in [-0.4, -0.2) is 13.0 Å². The van der Waals surface area contributed by atoms with Gasteiger partial charge in [0, 0.05) is 35.1 Å². The second-order valence-corrected chi connectivity index (χ2v) is 4.92. The first-order chi connectivity index (χ1) is 9.22. The van der Waals surface area contributed by atoms with Crippen LogP contribution in [0, 0.1) is 11.3 Å². The summed E-state index contributed by atoms with van der Waals surface area (Å²) in [7, 11) is 1.61. The minimum atomic E-state index is -0.105. The summed E-state index contributed by atoms with van der Waals surface area (Å²) in [6, 6.07) is 11.3. The van der Waals surface area contributed by atoms with E-state index in [2.05, 4.69) is 16.7 Å². The number of anilines is 1. The normalized spacial score (nSPS) is 9.68. The van der Waals surface area contributed by atoms with Gasteiger partial charge in [0.1, 0.15) is 6.07 Å². The number of hydrogen-bond donors (Lipinski definition) is 2. The molecule has 0 fully saturated rings. The van der Waals surface area contributed by atoms with Crippen LogP contribution >= 0.6 is 11.3 Å². The zero-order valence-corrected chi connectivity index (χ0v) is 11.3. The molecule has 0 aliphatic rings. The smallest absolute Gasteiger partial charge is 0.251 e. The lowest BCUT2D eigenvalue weighted by atomic mass is 10.2. The molecule has 2 N–H and O–H groups in total. The number of amides is 1. The van der Waals surface area contributed by atoms with E-state index in [-0.39, 0.29) is 5.91 Å². The molecule has 0 radical (unpaired) electrons. The van der Waals surface area contributed by atoms with Gasteiger partial charge in [-0.2, -0.15) is 5.26 Å². The summed E-state index contributed by atoms with van der Waals surface area (Å²) in [4.78, 5) is 12.6. The lowest BCUT2D eigenvalue weighted by Crippen LogP contribution is -2.17. The van der Waals surface area contributed by atoms with Gasteiger partial charge in [-0.25, -0.2) is 0 Å². The fraction of sp³-hybridized carbons (Fsp3) is 0.143. The van der Waals surface area contributed by atoms with Crippen molar-refractivity contribution in [3.8, 4) is 6.07 Å². The Kier molecular flexibility index (Phi) is 4.16. The molecule has 0 aliphatic heterocycles. The van der Waals surface area contributed by atoms with E-state index in [4.69, 9.17) is 5.26 Å². The third kappa shape index (κ3) is 3.33. The Morgan fingerprint density at radius 2 is 2.26 bits per heavy atom. The summed E-state index contributed by atoms with van der Waals surface area (Å²) < 4.78 is 0. The van der Waals surface area contributed by atoms with E-state index in [0.717, 1.165) is 10.6 Å². The van der Waals surface area contributed by atoms with Crippen LogP contribution in [0.5, 0.6) is 0 Å². The van der Waals surface area contributed by atoms with Crippen molar-refractivity contribution in [1.29, 1.82) is 5.26 Å². The molecular formula is C14H13N3OS. The highest BCUT2D eigenvalue weighted by atomic mass is 32.1. The van der Waals surface area contributed by atoms with E-state index in [0.29, 0.717) is 17.7 Å². The number of thiophene rings is 1. The topological polar surface area (TPSA) is 64.9 Å². The average Bonchev–Trinajstić information content (AvgIpc) is 2.92. The van der Waals surface area contributed by atoms with Gasteiger partial charge in [-0.05, 0) is 24.3 Å². The van der Waals surface area contributed by atoms with Crippen LogP contribution in [0.1, 0.15) is 20.8 Å². The number of carbonyl (C=O) groups excluding carboxylic acids is 1. The van der Waals surface area contributed by atoms with Gasteiger partial charge in [-0.15, -0.1) is 11.3 Å². The van der Waals surface area contributed by atoms with Gasteiger partial charge >= 0.3 is 0 Å². The molecule has 1 heterocycles. The first kappa shape index (κ1) is 13.1. The van der Waals surface area contributed by atoms with Gasteiger partial charge in [0.05, 0.1) is 5.56 Å². The molecule has 1 aromatic carbocycles. The molecule has 0 bridgehead atoms.